The van der Waals surface area contributed by atoms with Gasteiger partial charge in [0.1, 0.15) is 17.6 Å². The quantitative estimate of drug-likeness (QED) is 0.194. The SMILES string of the molecule is c1ccc(COC[C@H]2O[C@@H](Sc3ccccc3)C[C@@H](OCc3ccccc3)[C@@H]2OCc2ccccc2)cc1. The van der Waals surface area contributed by atoms with Crippen LogP contribution in [0.1, 0.15) is 23.1 Å². The lowest BCUT2D eigenvalue weighted by atomic mass is 10.0. The Bertz CT molecular complexity index is 1190. The first-order chi connectivity index (χ1) is 18.8. The van der Waals surface area contributed by atoms with Crippen molar-refractivity contribution in [2.24, 2.45) is 0 Å². The fourth-order valence-electron chi connectivity index (χ4n) is 4.54. The Morgan fingerprint density at radius 2 is 1.11 bits per heavy atom. The van der Waals surface area contributed by atoms with Crippen molar-refractivity contribution >= 4 is 11.8 Å². The molecule has 38 heavy (non-hydrogen) atoms. The third kappa shape index (κ3) is 8.03. The van der Waals surface area contributed by atoms with E-state index in [0.717, 1.165) is 23.1 Å². The number of hydrogen-bond acceptors (Lipinski definition) is 5. The Labute approximate surface area is 229 Å². The molecule has 1 saturated heterocycles. The predicted octanol–water partition coefficient (Wildman–Crippen LogP) is 7.28. The van der Waals surface area contributed by atoms with Gasteiger partial charge in [0.25, 0.3) is 0 Å². The van der Waals surface area contributed by atoms with Gasteiger partial charge in [-0.25, -0.2) is 0 Å². The van der Waals surface area contributed by atoms with Gasteiger partial charge in [-0.1, -0.05) is 121 Å². The fourth-order valence-corrected chi connectivity index (χ4v) is 5.64. The number of hydrogen-bond donors (Lipinski definition) is 0. The van der Waals surface area contributed by atoms with E-state index in [1.165, 1.54) is 4.90 Å². The minimum absolute atomic E-state index is 0.0694. The van der Waals surface area contributed by atoms with Gasteiger partial charge in [0.2, 0.25) is 0 Å². The molecule has 4 nitrogen and oxygen atoms in total. The van der Waals surface area contributed by atoms with Crippen molar-refractivity contribution in [3.8, 4) is 0 Å². The molecule has 4 atom stereocenters. The fraction of sp³-hybridized carbons (Fsp3) is 0.273. The zero-order valence-corrected chi connectivity index (χ0v) is 22.2. The molecule has 0 spiro atoms. The van der Waals surface area contributed by atoms with E-state index in [4.69, 9.17) is 18.9 Å². The molecule has 5 rings (SSSR count). The van der Waals surface area contributed by atoms with Crippen LogP contribution in [0.5, 0.6) is 0 Å². The Balaban J connectivity index is 1.33. The molecule has 0 saturated carbocycles. The van der Waals surface area contributed by atoms with Gasteiger partial charge in [0, 0.05) is 11.3 Å². The van der Waals surface area contributed by atoms with Crippen molar-refractivity contribution < 1.29 is 18.9 Å². The average molecular weight is 527 g/mol. The van der Waals surface area contributed by atoms with E-state index < -0.39 is 0 Å². The second-order valence-corrected chi connectivity index (χ2v) is 10.6. The van der Waals surface area contributed by atoms with E-state index in [1.54, 1.807) is 11.8 Å². The lowest BCUT2D eigenvalue weighted by Gasteiger charge is -2.41. The monoisotopic (exact) mass is 526 g/mol. The highest BCUT2D eigenvalue weighted by Crippen LogP contribution is 2.36. The summed E-state index contributed by atoms with van der Waals surface area (Å²) in [6.07, 6.45) is 0.0563. The largest absolute Gasteiger partial charge is 0.374 e. The van der Waals surface area contributed by atoms with Crippen LogP contribution in [0.25, 0.3) is 0 Å². The van der Waals surface area contributed by atoms with Crippen LogP contribution in [0, 0.1) is 0 Å². The molecule has 1 fully saturated rings. The molecule has 0 unspecified atom stereocenters. The summed E-state index contributed by atoms with van der Waals surface area (Å²) in [6, 6.07) is 41.1. The molecule has 4 aromatic rings. The topological polar surface area (TPSA) is 36.9 Å². The summed E-state index contributed by atoms with van der Waals surface area (Å²) >= 11 is 1.73. The third-order valence-electron chi connectivity index (χ3n) is 6.48. The summed E-state index contributed by atoms with van der Waals surface area (Å²) in [6.45, 7) is 1.96. The van der Waals surface area contributed by atoms with Gasteiger partial charge in [-0.05, 0) is 28.8 Å². The smallest absolute Gasteiger partial charge is 0.113 e. The molecular formula is C33H34O4S. The summed E-state index contributed by atoms with van der Waals surface area (Å²) in [5, 5.41) is 0. The summed E-state index contributed by atoms with van der Waals surface area (Å²) in [5.74, 6) is 0. The molecule has 1 heterocycles. The molecule has 0 amide bonds. The summed E-state index contributed by atoms with van der Waals surface area (Å²) in [7, 11) is 0. The van der Waals surface area contributed by atoms with E-state index in [1.807, 2.05) is 60.7 Å². The molecule has 1 aliphatic heterocycles. The highest BCUT2D eigenvalue weighted by Gasteiger charge is 2.41. The molecule has 0 radical (unpaired) electrons. The maximum Gasteiger partial charge on any atom is 0.113 e. The van der Waals surface area contributed by atoms with Crippen molar-refractivity contribution in [3.63, 3.8) is 0 Å². The van der Waals surface area contributed by atoms with E-state index in [0.29, 0.717) is 26.4 Å². The molecule has 4 aromatic carbocycles. The molecule has 0 aliphatic carbocycles. The second-order valence-electron chi connectivity index (χ2n) is 9.37. The average Bonchev–Trinajstić information content (AvgIpc) is 2.98. The third-order valence-corrected chi connectivity index (χ3v) is 7.59. The van der Waals surface area contributed by atoms with Gasteiger partial charge in [-0.3, -0.25) is 0 Å². The van der Waals surface area contributed by atoms with Crippen LogP contribution in [0.2, 0.25) is 0 Å². The van der Waals surface area contributed by atoms with E-state index >= 15 is 0 Å². The van der Waals surface area contributed by atoms with Crippen LogP contribution >= 0.6 is 11.8 Å². The maximum absolute atomic E-state index is 6.64. The Morgan fingerprint density at radius 1 is 0.605 bits per heavy atom. The van der Waals surface area contributed by atoms with Crippen molar-refractivity contribution in [3.05, 3.63) is 138 Å². The zero-order valence-electron chi connectivity index (χ0n) is 21.4. The van der Waals surface area contributed by atoms with Gasteiger partial charge < -0.3 is 18.9 Å². The lowest BCUT2D eigenvalue weighted by Crippen LogP contribution is -2.51. The van der Waals surface area contributed by atoms with Crippen LogP contribution in [0.4, 0.5) is 0 Å². The number of ether oxygens (including phenoxy) is 4. The molecule has 196 valence electrons. The lowest BCUT2D eigenvalue weighted by molar-refractivity contribution is -0.204. The first-order valence-electron chi connectivity index (χ1n) is 13.1. The van der Waals surface area contributed by atoms with Crippen LogP contribution in [-0.2, 0) is 38.8 Å². The van der Waals surface area contributed by atoms with Crippen molar-refractivity contribution in [2.45, 2.75) is 54.9 Å². The van der Waals surface area contributed by atoms with Gasteiger partial charge >= 0.3 is 0 Å². The summed E-state index contributed by atoms with van der Waals surface area (Å²) in [5.41, 5.74) is 3.33. The van der Waals surface area contributed by atoms with Crippen LogP contribution in [0.3, 0.4) is 0 Å². The molecule has 0 bridgehead atoms. The number of thioether (sulfide) groups is 1. The Kier molecular flexibility index (Phi) is 10.0. The van der Waals surface area contributed by atoms with Crippen molar-refractivity contribution in [1.29, 1.82) is 0 Å². The highest BCUT2D eigenvalue weighted by molar-refractivity contribution is 7.99. The molecule has 0 aromatic heterocycles. The molecule has 0 N–H and O–H groups in total. The van der Waals surface area contributed by atoms with Crippen LogP contribution in [0.15, 0.2) is 126 Å². The van der Waals surface area contributed by atoms with Gasteiger partial charge in [0.05, 0.1) is 32.5 Å². The van der Waals surface area contributed by atoms with Crippen molar-refractivity contribution in [1.82, 2.24) is 0 Å². The Morgan fingerprint density at radius 3 is 1.68 bits per heavy atom. The summed E-state index contributed by atoms with van der Waals surface area (Å²) in [4.78, 5) is 1.17. The Hall–Kier alpha value is -2.93. The minimum atomic E-state index is -0.266. The van der Waals surface area contributed by atoms with Crippen LogP contribution in [-0.4, -0.2) is 30.4 Å². The van der Waals surface area contributed by atoms with Gasteiger partial charge in [-0.15, -0.1) is 0 Å². The number of rotatable bonds is 12. The van der Waals surface area contributed by atoms with E-state index in [9.17, 15) is 0 Å². The number of benzene rings is 4. The molecule has 5 heteroatoms. The zero-order chi connectivity index (χ0) is 25.8. The maximum atomic E-state index is 6.64. The standard InChI is InChI=1S/C33H34O4S/c1-5-13-26(14-6-1)22-34-25-31-33(36-24-28-17-9-3-10-18-28)30(35-23-27-15-7-2-8-16-27)21-32(37-31)38-29-19-11-4-12-20-29/h1-20,30-33H,21-25H2/t30-,31-,32+,33+/m1/s1. The molecule has 1 aliphatic rings. The molecular weight excluding hydrogens is 492 g/mol. The predicted molar refractivity (Wildman–Crippen MR) is 152 cm³/mol. The van der Waals surface area contributed by atoms with E-state index in [2.05, 4.69) is 60.7 Å². The first kappa shape index (κ1) is 26.7. The van der Waals surface area contributed by atoms with Crippen LogP contribution < -0.4 is 0 Å². The first-order valence-corrected chi connectivity index (χ1v) is 14.0. The van der Waals surface area contributed by atoms with Crippen molar-refractivity contribution in [2.75, 3.05) is 6.61 Å². The summed E-state index contributed by atoms with van der Waals surface area (Å²) < 4.78 is 25.9. The van der Waals surface area contributed by atoms with Gasteiger partial charge in [-0.2, -0.15) is 0 Å². The highest BCUT2D eigenvalue weighted by atomic mass is 32.2. The second kappa shape index (κ2) is 14.3. The normalized spacial score (nSPS) is 21.3. The van der Waals surface area contributed by atoms with E-state index in [-0.39, 0.29) is 23.7 Å². The minimum Gasteiger partial charge on any atom is -0.374 e. The van der Waals surface area contributed by atoms with Gasteiger partial charge in [0.15, 0.2) is 0 Å².